The van der Waals surface area contributed by atoms with Crippen LogP contribution in [0.25, 0.3) is 0 Å². The number of guanidine groups is 1. The first-order chi connectivity index (χ1) is 10.7. The third kappa shape index (κ3) is 4.23. The lowest BCUT2D eigenvalue weighted by atomic mass is 10.2. The van der Waals surface area contributed by atoms with Crippen molar-refractivity contribution in [2.45, 2.75) is 57.8 Å². The second-order valence-corrected chi connectivity index (χ2v) is 6.58. The molecule has 22 heavy (non-hydrogen) atoms. The largest absolute Gasteiger partial charge is 0.354 e. The van der Waals surface area contributed by atoms with Crippen molar-refractivity contribution in [3.63, 3.8) is 0 Å². The molecule has 1 aliphatic heterocycles. The van der Waals surface area contributed by atoms with Gasteiger partial charge in [0.1, 0.15) is 0 Å². The molecule has 2 unspecified atom stereocenters. The van der Waals surface area contributed by atoms with E-state index in [0.717, 1.165) is 25.6 Å². The molecule has 3 rings (SSSR count). The third-order valence-corrected chi connectivity index (χ3v) is 4.51. The number of hydrogen-bond donors (Lipinski definition) is 2. The zero-order valence-corrected chi connectivity index (χ0v) is 13.8. The Hall–Kier alpha value is -1.55. The van der Waals surface area contributed by atoms with Crippen molar-refractivity contribution in [1.29, 1.82) is 0 Å². The smallest absolute Gasteiger partial charge is 0.191 e. The lowest BCUT2D eigenvalue weighted by Crippen LogP contribution is -2.45. The fourth-order valence-corrected chi connectivity index (χ4v) is 3.15. The topological polar surface area (TPSA) is 39.7 Å². The first-order valence-electron chi connectivity index (χ1n) is 8.60. The molecule has 1 saturated carbocycles. The van der Waals surface area contributed by atoms with Crippen LogP contribution in [0, 0.1) is 0 Å². The van der Waals surface area contributed by atoms with E-state index >= 15 is 0 Å². The van der Waals surface area contributed by atoms with E-state index in [4.69, 9.17) is 0 Å². The Labute approximate surface area is 134 Å². The van der Waals surface area contributed by atoms with Crippen LogP contribution in [0.3, 0.4) is 0 Å². The molecule has 0 spiro atoms. The van der Waals surface area contributed by atoms with Crippen molar-refractivity contribution in [3.8, 4) is 0 Å². The number of rotatable bonds is 5. The molecule has 0 amide bonds. The van der Waals surface area contributed by atoms with Gasteiger partial charge >= 0.3 is 0 Å². The number of hydrogen-bond acceptors (Lipinski definition) is 2. The molecule has 120 valence electrons. The van der Waals surface area contributed by atoms with E-state index in [2.05, 4.69) is 64.7 Å². The predicted molar refractivity (Wildman–Crippen MR) is 92.0 cm³/mol. The van der Waals surface area contributed by atoms with Gasteiger partial charge in [-0.15, -0.1) is 0 Å². The van der Waals surface area contributed by atoms with Gasteiger partial charge in [0.25, 0.3) is 0 Å². The summed E-state index contributed by atoms with van der Waals surface area (Å²) in [6.45, 7) is 7.38. The summed E-state index contributed by atoms with van der Waals surface area (Å²) >= 11 is 0. The summed E-state index contributed by atoms with van der Waals surface area (Å²) in [6, 6.07) is 12.5. The van der Waals surface area contributed by atoms with Gasteiger partial charge in [-0.1, -0.05) is 30.3 Å². The molecule has 0 aromatic heterocycles. The third-order valence-electron chi connectivity index (χ3n) is 4.51. The van der Waals surface area contributed by atoms with Gasteiger partial charge in [0.15, 0.2) is 5.96 Å². The minimum absolute atomic E-state index is 0.496. The molecule has 1 heterocycles. The van der Waals surface area contributed by atoms with Crippen LogP contribution in [0.4, 0.5) is 0 Å². The van der Waals surface area contributed by atoms with Crippen molar-refractivity contribution in [2.75, 3.05) is 13.1 Å². The Morgan fingerprint density at radius 2 is 1.91 bits per heavy atom. The Balaban J connectivity index is 1.54. The lowest BCUT2D eigenvalue weighted by molar-refractivity contribution is 0.258. The molecule has 1 aromatic rings. The SMILES string of the molecule is CCN=C(NC1CC1)NC1CC(C)N(Cc2ccccc2)C1. The zero-order valence-electron chi connectivity index (χ0n) is 13.8. The van der Waals surface area contributed by atoms with Crippen molar-refractivity contribution in [2.24, 2.45) is 4.99 Å². The minimum atomic E-state index is 0.496. The van der Waals surface area contributed by atoms with Gasteiger partial charge in [-0.2, -0.15) is 0 Å². The maximum atomic E-state index is 4.58. The van der Waals surface area contributed by atoms with E-state index < -0.39 is 0 Å². The fourth-order valence-electron chi connectivity index (χ4n) is 3.15. The summed E-state index contributed by atoms with van der Waals surface area (Å²) in [4.78, 5) is 7.14. The van der Waals surface area contributed by atoms with Gasteiger partial charge in [-0.05, 0) is 38.7 Å². The average molecular weight is 300 g/mol. The summed E-state index contributed by atoms with van der Waals surface area (Å²) in [5.74, 6) is 1.00. The van der Waals surface area contributed by atoms with Gasteiger partial charge in [-0.3, -0.25) is 9.89 Å². The number of aliphatic imine (C=N–C) groups is 1. The molecule has 0 radical (unpaired) electrons. The summed E-state index contributed by atoms with van der Waals surface area (Å²) in [7, 11) is 0. The Kier molecular flexibility index (Phi) is 4.98. The average Bonchev–Trinajstić information content (AvgIpc) is 3.25. The molecule has 4 heteroatoms. The van der Waals surface area contributed by atoms with Crippen LogP contribution in [-0.2, 0) is 6.54 Å². The molecule has 1 saturated heterocycles. The van der Waals surface area contributed by atoms with E-state index in [1.807, 2.05) is 0 Å². The predicted octanol–water partition coefficient (Wildman–Crippen LogP) is 2.37. The molecular weight excluding hydrogens is 272 g/mol. The van der Waals surface area contributed by atoms with Crippen LogP contribution in [0.15, 0.2) is 35.3 Å². The molecule has 1 aliphatic carbocycles. The van der Waals surface area contributed by atoms with Gasteiger partial charge in [0.05, 0.1) is 0 Å². The minimum Gasteiger partial charge on any atom is -0.354 e. The maximum Gasteiger partial charge on any atom is 0.191 e. The van der Waals surface area contributed by atoms with E-state index in [0.29, 0.717) is 18.1 Å². The lowest BCUT2D eigenvalue weighted by Gasteiger charge is -2.21. The van der Waals surface area contributed by atoms with Crippen LogP contribution < -0.4 is 10.6 Å². The highest BCUT2D eigenvalue weighted by Gasteiger charge is 2.30. The summed E-state index contributed by atoms with van der Waals surface area (Å²) < 4.78 is 0. The number of nitrogens with one attached hydrogen (secondary N) is 2. The van der Waals surface area contributed by atoms with E-state index in [-0.39, 0.29) is 0 Å². The van der Waals surface area contributed by atoms with E-state index in [9.17, 15) is 0 Å². The second kappa shape index (κ2) is 7.14. The van der Waals surface area contributed by atoms with Crippen LogP contribution in [0.2, 0.25) is 0 Å². The van der Waals surface area contributed by atoms with Gasteiger partial charge in [-0.25, -0.2) is 0 Å². The molecule has 2 aliphatic rings. The Morgan fingerprint density at radius 3 is 2.59 bits per heavy atom. The highest BCUT2D eigenvalue weighted by atomic mass is 15.3. The Morgan fingerprint density at radius 1 is 1.18 bits per heavy atom. The van der Waals surface area contributed by atoms with Gasteiger partial charge in [0, 0.05) is 37.8 Å². The first kappa shape index (κ1) is 15.3. The fraction of sp³-hybridized carbons (Fsp3) is 0.611. The molecule has 2 fully saturated rings. The van der Waals surface area contributed by atoms with Crippen LogP contribution in [-0.4, -0.2) is 42.1 Å². The zero-order chi connectivity index (χ0) is 15.4. The van der Waals surface area contributed by atoms with Crippen molar-refractivity contribution in [3.05, 3.63) is 35.9 Å². The number of likely N-dealkylation sites (tertiary alicyclic amines) is 1. The van der Waals surface area contributed by atoms with Gasteiger partial charge in [0.2, 0.25) is 0 Å². The molecule has 0 bridgehead atoms. The molecule has 2 N–H and O–H groups in total. The highest BCUT2D eigenvalue weighted by Crippen LogP contribution is 2.21. The van der Waals surface area contributed by atoms with Crippen LogP contribution >= 0.6 is 0 Å². The van der Waals surface area contributed by atoms with Crippen molar-refractivity contribution in [1.82, 2.24) is 15.5 Å². The Bertz CT molecular complexity index is 495. The molecule has 4 nitrogen and oxygen atoms in total. The van der Waals surface area contributed by atoms with Gasteiger partial charge < -0.3 is 10.6 Å². The second-order valence-electron chi connectivity index (χ2n) is 6.58. The van der Waals surface area contributed by atoms with Crippen LogP contribution in [0.1, 0.15) is 38.7 Å². The number of nitrogens with zero attached hydrogens (tertiary/aromatic N) is 2. The van der Waals surface area contributed by atoms with E-state index in [1.54, 1.807) is 0 Å². The standard InChI is InChI=1S/C18H28N4/c1-3-19-18(20-16-9-10-16)21-17-11-14(2)22(13-17)12-15-7-5-4-6-8-15/h4-8,14,16-17H,3,9-13H2,1-2H3,(H2,19,20,21). The van der Waals surface area contributed by atoms with Crippen molar-refractivity contribution < 1.29 is 0 Å². The van der Waals surface area contributed by atoms with E-state index in [1.165, 1.54) is 24.8 Å². The highest BCUT2D eigenvalue weighted by molar-refractivity contribution is 5.80. The quantitative estimate of drug-likeness (QED) is 0.648. The summed E-state index contributed by atoms with van der Waals surface area (Å²) in [6.07, 6.45) is 3.75. The first-order valence-corrected chi connectivity index (χ1v) is 8.60. The molecule has 2 atom stereocenters. The number of benzene rings is 1. The normalized spacial score (nSPS) is 26.2. The van der Waals surface area contributed by atoms with Crippen LogP contribution in [0.5, 0.6) is 0 Å². The maximum absolute atomic E-state index is 4.58. The molecular formula is C18H28N4. The molecule has 1 aromatic carbocycles. The summed E-state index contributed by atoms with van der Waals surface area (Å²) in [5, 5.41) is 7.15. The monoisotopic (exact) mass is 300 g/mol. The van der Waals surface area contributed by atoms with Crippen molar-refractivity contribution >= 4 is 5.96 Å². The summed E-state index contributed by atoms with van der Waals surface area (Å²) in [5.41, 5.74) is 1.40.